The fraction of sp³-hybridized carbons (Fsp3) is 0.381. The first kappa shape index (κ1) is 64.4. The zero-order valence-corrected chi connectivity index (χ0v) is 59.0. The van der Waals surface area contributed by atoms with Crippen molar-refractivity contribution in [2.75, 3.05) is 0 Å². The second kappa shape index (κ2) is 22.0. The van der Waals surface area contributed by atoms with Crippen molar-refractivity contribution in [3.05, 3.63) is 256 Å². The van der Waals surface area contributed by atoms with Gasteiger partial charge in [0.2, 0.25) is 0 Å². The molecule has 7 heteroatoms. The molecule has 11 rings (SSSR count). The lowest BCUT2D eigenvalue weighted by Gasteiger charge is -2.27. The standard InChI is InChI=1S/C84H98N6O/c1-77(2,3)54-35-50(36-55(43-54)78(4,5)6)68-62-29-30-63(85-62)69(51-37-56(79(7,8)9)44-57(38-51)80(10,11)12)65-32-34-67(87-65)71(53-41-60(83(19,20)21)46-61(42-53)84(22,23)24)73-75-74(89-76(90-75)49-27-25-48(47-91)26-28-49)72(88-73)70(66-33-31-64(68)86-66)52-39-58(81(13,14)15)45-59(40-52)82(16,17)18/h25-47,85-86,88H,1-24H3. The molecule has 0 fully saturated rings. The zero-order chi connectivity index (χ0) is 66.2. The number of carbonyl (C=O) groups is 1. The van der Waals surface area contributed by atoms with Gasteiger partial charge < -0.3 is 15.0 Å². The number of H-pyrrole nitrogens is 3. The van der Waals surface area contributed by atoms with Crippen LogP contribution in [0.4, 0.5) is 5.69 Å². The van der Waals surface area contributed by atoms with Gasteiger partial charge in [-0.3, -0.25) is 4.79 Å². The minimum absolute atomic E-state index is 0.143. The highest BCUT2D eigenvalue weighted by Crippen LogP contribution is 2.43. The Kier molecular flexibility index (Phi) is 15.6. The first-order chi connectivity index (χ1) is 42.0. The number of aromatic amines is 3. The van der Waals surface area contributed by atoms with Crippen LogP contribution in [0, 0.1) is 0 Å². The van der Waals surface area contributed by atoms with Gasteiger partial charge in [0, 0.05) is 55.5 Å². The molecule has 5 aromatic carbocycles. The number of rotatable bonds is 6. The highest BCUT2D eigenvalue weighted by atomic mass is 16.1. The van der Waals surface area contributed by atoms with Crippen LogP contribution in [0.2, 0.25) is 0 Å². The van der Waals surface area contributed by atoms with Gasteiger partial charge in [0.1, 0.15) is 17.3 Å². The topological polar surface area (TPSA) is 102 Å². The molecule has 0 aliphatic carbocycles. The fourth-order valence-corrected chi connectivity index (χ4v) is 12.5. The summed E-state index contributed by atoms with van der Waals surface area (Å²) in [5.74, 6) is 0.572. The highest BCUT2D eigenvalue weighted by Gasteiger charge is 2.33. The van der Waals surface area contributed by atoms with Gasteiger partial charge in [-0.25, -0.2) is 15.0 Å². The quantitative estimate of drug-likeness (QED) is 0.142. The van der Waals surface area contributed by atoms with Crippen LogP contribution in [0.3, 0.4) is 0 Å². The Morgan fingerprint density at radius 2 is 0.692 bits per heavy atom. The number of benzene rings is 5. The van der Waals surface area contributed by atoms with Crippen LogP contribution in [0.5, 0.6) is 0 Å². The van der Waals surface area contributed by atoms with Crippen molar-refractivity contribution < 1.29 is 4.79 Å². The van der Waals surface area contributed by atoms with Gasteiger partial charge in [-0.2, -0.15) is 0 Å². The van der Waals surface area contributed by atoms with Gasteiger partial charge in [0.15, 0.2) is 5.84 Å². The molecule has 3 N–H and O–H groups in total. The Balaban J connectivity index is 1.41. The normalized spacial score (nSPS) is 15.1. The van der Waals surface area contributed by atoms with Crippen LogP contribution >= 0.6 is 0 Å². The molecule has 8 aromatic rings. The molecule has 470 valence electrons. The molecule has 3 aromatic heterocycles. The fourth-order valence-electron chi connectivity index (χ4n) is 12.5. The lowest BCUT2D eigenvalue weighted by molar-refractivity contribution is 0.112. The van der Waals surface area contributed by atoms with Crippen LogP contribution in [-0.4, -0.2) is 32.8 Å². The lowest BCUT2D eigenvalue weighted by atomic mass is 9.78. The van der Waals surface area contributed by atoms with Crippen molar-refractivity contribution in [2.45, 2.75) is 209 Å². The van der Waals surface area contributed by atoms with E-state index in [1.54, 1.807) is 0 Å². The van der Waals surface area contributed by atoms with Crippen LogP contribution in [-0.2, 0) is 43.3 Å². The third-order valence-electron chi connectivity index (χ3n) is 18.6. The Labute approximate surface area is 542 Å². The zero-order valence-electron chi connectivity index (χ0n) is 59.0. The highest BCUT2D eigenvalue weighted by molar-refractivity contribution is 6.30. The molecule has 0 atom stereocenters. The molecule has 6 heterocycles. The average molecular weight is 1210 g/mol. The van der Waals surface area contributed by atoms with Crippen LogP contribution < -0.4 is 21.4 Å². The van der Waals surface area contributed by atoms with Gasteiger partial charge in [0.25, 0.3) is 0 Å². The summed E-state index contributed by atoms with van der Waals surface area (Å²) >= 11 is 0. The van der Waals surface area contributed by atoms with Gasteiger partial charge in [-0.15, -0.1) is 0 Å². The van der Waals surface area contributed by atoms with E-state index in [-0.39, 0.29) is 43.3 Å². The number of hydrogen-bond acceptors (Lipinski definition) is 4. The summed E-state index contributed by atoms with van der Waals surface area (Å²) in [7, 11) is 0. The summed E-state index contributed by atoms with van der Waals surface area (Å²) in [5, 5.41) is 3.52. The third kappa shape index (κ3) is 12.7. The van der Waals surface area contributed by atoms with E-state index in [9.17, 15) is 4.79 Å². The van der Waals surface area contributed by atoms with E-state index in [4.69, 9.17) is 15.0 Å². The average Bonchev–Trinajstić information content (AvgIpc) is 1.60. The molecule has 0 unspecified atom stereocenters. The molecular formula is C84H98N6O. The van der Waals surface area contributed by atoms with Crippen molar-refractivity contribution in [1.29, 1.82) is 0 Å². The molecule has 3 aliphatic rings. The van der Waals surface area contributed by atoms with Crippen molar-refractivity contribution in [3.63, 3.8) is 0 Å². The number of aromatic nitrogens is 3. The molecule has 0 saturated heterocycles. The van der Waals surface area contributed by atoms with Gasteiger partial charge in [0.05, 0.1) is 22.5 Å². The number of aliphatic imine (C=N–C) groups is 2. The van der Waals surface area contributed by atoms with E-state index >= 15 is 0 Å². The van der Waals surface area contributed by atoms with E-state index in [1.807, 2.05) is 24.3 Å². The van der Waals surface area contributed by atoms with E-state index in [0.717, 1.165) is 112 Å². The third-order valence-corrected chi connectivity index (χ3v) is 18.6. The van der Waals surface area contributed by atoms with Crippen LogP contribution in [0.15, 0.2) is 154 Å². The minimum atomic E-state index is -0.195. The molecule has 0 amide bonds. The van der Waals surface area contributed by atoms with Gasteiger partial charge in [-0.05, 0) is 146 Å². The number of nitrogens with zero attached hydrogens (tertiary/aromatic N) is 3. The SMILES string of the molecule is CC(C)(C)c1cc(C2=C3C=CC(=N3)C(c3cc(C(C)(C)C)cc(C(C)(C)C)c3)=c3ccc([nH]3)=C(c3cc(C(C)(C)C)cc(C(C)(C)C)c3)c3ccc([nH]3)C(c3cc(C(C)(C)C)cc(C(C)(C)C)c3)=c3[nH]c2c2c3=NC(c3ccc(C=O)cc3)=N2)cc(C(C)(C)C)c1. The molecule has 7 nitrogen and oxygen atoms in total. The number of carbonyl (C=O) groups excluding carboxylic acids is 1. The largest absolute Gasteiger partial charge is 0.354 e. The smallest absolute Gasteiger partial charge is 0.160 e. The van der Waals surface area contributed by atoms with Crippen molar-refractivity contribution in [1.82, 2.24) is 15.0 Å². The number of fused-ring (bicyclic) bond motifs is 10. The summed E-state index contributed by atoms with van der Waals surface area (Å²) < 4.78 is 0. The molecule has 0 spiro atoms. The molecule has 8 bridgehead atoms. The first-order valence-electron chi connectivity index (χ1n) is 32.8. The Morgan fingerprint density at radius 3 is 1.09 bits per heavy atom. The Bertz CT molecular complexity index is 4550. The number of hydrogen-bond donors (Lipinski definition) is 3. The maximum absolute atomic E-state index is 12.1. The Morgan fingerprint density at radius 1 is 0.330 bits per heavy atom. The van der Waals surface area contributed by atoms with E-state index in [0.29, 0.717) is 11.4 Å². The summed E-state index contributed by atoms with van der Waals surface area (Å²) in [6.07, 6.45) is 5.34. The second-order valence-electron chi connectivity index (χ2n) is 34.3. The van der Waals surface area contributed by atoms with Gasteiger partial charge >= 0.3 is 0 Å². The van der Waals surface area contributed by atoms with Crippen molar-refractivity contribution >= 4 is 45.8 Å². The number of amidine groups is 1. The van der Waals surface area contributed by atoms with Gasteiger partial charge in [-0.1, -0.05) is 263 Å². The van der Waals surface area contributed by atoms with Crippen molar-refractivity contribution in [3.8, 4) is 0 Å². The summed E-state index contributed by atoms with van der Waals surface area (Å²) in [5.41, 5.74) is 23.4. The number of aldehydes is 1. The van der Waals surface area contributed by atoms with E-state index < -0.39 is 0 Å². The second-order valence-corrected chi connectivity index (χ2v) is 34.3. The van der Waals surface area contributed by atoms with E-state index in [1.165, 1.54) is 44.5 Å². The Hall–Kier alpha value is -8.16. The maximum atomic E-state index is 12.1. The molecule has 3 aliphatic heterocycles. The molecule has 0 radical (unpaired) electrons. The maximum Gasteiger partial charge on any atom is 0.160 e. The number of allylic oxidation sites excluding steroid dienone is 2. The molecule has 91 heavy (non-hydrogen) atoms. The minimum Gasteiger partial charge on any atom is -0.354 e. The van der Waals surface area contributed by atoms with Crippen molar-refractivity contribution in [2.24, 2.45) is 15.0 Å². The van der Waals surface area contributed by atoms with Crippen LogP contribution in [0.25, 0.3) is 22.3 Å². The van der Waals surface area contributed by atoms with E-state index in [2.05, 4.69) is 290 Å². The predicted octanol–water partition coefficient (Wildman–Crippen LogP) is 18.1. The summed E-state index contributed by atoms with van der Waals surface area (Å²) in [6.45, 7) is 55.4. The molecular weight excluding hydrogens is 1110 g/mol. The number of nitrogens with one attached hydrogen (secondary N) is 3. The van der Waals surface area contributed by atoms with Crippen LogP contribution in [0.1, 0.15) is 266 Å². The monoisotopic (exact) mass is 1210 g/mol. The first-order valence-corrected chi connectivity index (χ1v) is 32.8. The summed E-state index contributed by atoms with van der Waals surface area (Å²) in [4.78, 5) is 42.0. The lowest BCUT2D eigenvalue weighted by Crippen LogP contribution is -2.27. The summed E-state index contributed by atoms with van der Waals surface area (Å²) in [6, 6.07) is 45.5. The molecule has 0 saturated carbocycles. The predicted molar refractivity (Wildman–Crippen MR) is 384 cm³/mol.